The molecule has 7 heteroatoms. The van der Waals surface area contributed by atoms with Gasteiger partial charge in [-0.15, -0.1) is 0 Å². The molecule has 1 aromatic carbocycles. The second-order valence-corrected chi connectivity index (χ2v) is 5.26. The van der Waals surface area contributed by atoms with E-state index < -0.39 is 0 Å². The number of aryl methyl sites for hydroxylation is 1. The van der Waals surface area contributed by atoms with Crippen molar-refractivity contribution in [2.24, 2.45) is 0 Å². The monoisotopic (exact) mass is 327 g/mol. The van der Waals surface area contributed by atoms with Gasteiger partial charge in [0.2, 0.25) is 11.7 Å². The summed E-state index contributed by atoms with van der Waals surface area (Å²) in [5, 5.41) is 6.66. The molecule has 3 rings (SSSR count). The highest BCUT2D eigenvalue weighted by molar-refractivity contribution is 5.78. The maximum absolute atomic E-state index is 12.0. The second-order valence-electron chi connectivity index (χ2n) is 5.26. The molecule has 0 saturated carbocycles. The first-order chi connectivity index (χ1) is 11.6. The summed E-state index contributed by atoms with van der Waals surface area (Å²) in [5.41, 5.74) is 0.758. The van der Waals surface area contributed by atoms with E-state index in [-0.39, 0.29) is 18.6 Å². The lowest BCUT2D eigenvalue weighted by molar-refractivity contribution is -0.123. The third-order valence-electron chi connectivity index (χ3n) is 3.34. The average molecular weight is 327 g/mol. The number of nitrogens with one attached hydrogen (secondary N) is 1. The van der Waals surface area contributed by atoms with Crippen LogP contribution in [0.3, 0.4) is 0 Å². The number of benzene rings is 1. The number of amides is 1. The minimum Gasteiger partial charge on any atom is -0.484 e. The Bertz CT molecular complexity index is 811. The first-order valence-electron chi connectivity index (χ1n) is 7.48. The van der Waals surface area contributed by atoms with Gasteiger partial charge >= 0.3 is 0 Å². The number of rotatable bonds is 6. The Balaban J connectivity index is 1.57. The van der Waals surface area contributed by atoms with Crippen LogP contribution in [0.4, 0.5) is 0 Å². The number of carbonyl (C=O) groups is 1. The van der Waals surface area contributed by atoms with Crippen molar-refractivity contribution in [1.29, 1.82) is 0 Å². The number of nitrogens with zero attached hydrogens (tertiary/aromatic N) is 2. The third kappa shape index (κ3) is 3.81. The summed E-state index contributed by atoms with van der Waals surface area (Å²) >= 11 is 0. The van der Waals surface area contributed by atoms with Gasteiger partial charge in [-0.2, -0.15) is 4.98 Å². The van der Waals surface area contributed by atoms with E-state index in [1.54, 1.807) is 37.5 Å². The lowest BCUT2D eigenvalue weighted by Gasteiger charge is -2.12. The summed E-state index contributed by atoms with van der Waals surface area (Å²) < 4.78 is 15.7. The fourth-order valence-corrected chi connectivity index (χ4v) is 2.18. The maximum atomic E-state index is 12.0. The van der Waals surface area contributed by atoms with E-state index >= 15 is 0 Å². The van der Waals surface area contributed by atoms with Crippen LogP contribution in [0.5, 0.6) is 5.75 Å². The molecular weight excluding hydrogens is 310 g/mol. The van der Waals surface area contributed by atoms with Crippen molar-refractivity contribution >= 4 is 5.91 Å². The smallest absolute Gasteiger partial charge is 0.258 e. The lowest BCUT2D eigenvalue weighted by atomic mass is 10.2. The van der Waals surface area contributed by atoms with Gasteiger partial charge in [-0.1, -0.05) is 17.3 Å². The average Bonchev–Trinajstić information content (AvgIpc) is 3.25. The molecule has 3 aromatic rings. The first-order valence-corrected chi connectivity index (χ1v) is 7.48. The van der Waals surface area contributed by atoms with E-state index in [2.05, 4.69) is 15.5 Å². The third-order valence-corrected chi connectivity index (χ3v) is 3.34. The predicted octanol–water partition coefficient (Wildman–Crippen LogP) is 2.89. The summed E-state index contributed by atoms with van der Waals surface area (Å²) in [6, 6.07) is 10.5. The van der Waals surface area contributed by atoms with Gasteiger partial charge in [0.15, 0.2) is 6.61 Å². The number of aromatic nitrogens is 2. The Labute approximate surface area is 138 Å². The van der Waals surface area contributed by atoms with Gasteiger partial charge in [0, 0.05) is 12.5 Å². The largest absolute Gasteiger partial charge is 0.484 e. The quantitative estimate of drug-likeness (QED) is 0.748. The number of furan rings is 1. The predicted molar refractivity (Wildman–Crippen MR) is 85.2 cm³/mol. The minimum absolute atomic E-state index is 0.0974. The van der Waals surface area contributed by atoms with Crippen LogP contribution in [-0.4, -0.2) is 22.7 Å². The van der Waals surface area contributed by atoms with Crippen molar-refractivity contribution in [2.45, 2.75) is 19.9 Å². The normalized spacial score (nSPS) is 11.9. The van der Waals surface area contributed by atoms with Crippen LogP contribution in [0, 0.1) is 6.92 Å². The molecule has 0 fully saturated rings. The van der Waals surface area contributed by atoms with E-state index in [0.29, 0.717) is 23.2 Å². The van der Waals surface area contributed by atoms with E-state index in [4.69, 9.17) is 13.7 Å². The van der Waals surface area contributed by atoms with Crippen LogP contribution in [0.25, 0.3) is 11.4 Å². The zero-order valence-electron chi connectivity index (χ0n) is 13.4. The van der Waals surface area contributed by atoms with Crippen molar-refractivity contribution in [3.05, 3.63) is 54.3 Å². The molecule has 1 atom stereocenters. The van der Waals surface area contributed by atoms with Crippen molar-refractivity contribution in [1.82, 2.24) is 15.5 Å². The van der Waals surface area contributed by atoms with E-state index in [0.717, 1.165) is 5.56 Å². The molecule has 24 heavy (non-hydrogen) atoms. The van der Waals surface area contributed by atoms with Crippen molar-refractivity contribution in [2.75, 3.05) is 6.61 Å². The maximum Gasteiger partial charge on any atom is 0.258 e. The van der Waals surface area contributed by atoms with Crippen LogP contribution in [-0.2, 0) is 4.79 Å². The summed E-state index contributed by atoms with van der Waals surface area (Å²) in [7, 11) is 0. The highest BCUT2D eigenvalue weighted by atomic mass is 16.5. The standard InChI is InChI=1S/C17H17N3O4/c1-11(15-7-4-8-22-15)18-16(21)10-23-14-6-3-5-13(9-14)17-19-12(2)24-20-17/h3-9,11H,10H2,1-2H3,(H,18,21). The first kappa shape index (κ1) is 15.8. The molecule has 0 radical (unpaired) electrons. The van der Waals surface area contributed by atoms with E-state index in [9.17, 15) is 4.79 Å². The molecule has 0 aliphatic heterocycles. The molecule has 1 N–H and O–H groups in total. The second kappa shape index (κ2) is 6.99. The molecule has 0 aliphatic rings. The molecule has 1 amide bonds. The van der Waals surface area contributed by atoms with Crippen molar-refractivity contribution in [3.63, 3.8) is 0 Å². The molecule has 2 heterocycles. The molecule has 0 saturated heterocycles. The minimum atomic E-state index is -0.236. The van der Waals surface area contributed by atoms with Gasteiger partial charge in [-0.05, 0) is 31.2 Å². The van der Waals surface area contributed by atoms with Crippen LogP contribution in [0.2, 0.25) is 0 Å². The van der Waals surface area contributed by atoms with Gasteiger partial charge < -0.3 is 19.0 Å². The lowest BCUT2D eigenvalue weighted by Crippen LogP contribution is -2.31. The summed E-state index contributed by atoms with van der Waals surface area (Å²) in [6.45, 7) is 3.47. The number of hydrogen-bond donors (Lipinski definition) is 1. The van der Waals surface area contributed by atoms with E-state index in [1.807, 2.05) is 19.1 Å². The molecule has 0 bridgehead atoms. The van der Waals surface area contributed by atoms with Gasteiger partial charge in [0.1, 0.15) is 11.5 Å². The number of ether oxygens (including phenoxy) is 1. The van der Waals surface area contributed by atoms with Crippen LogP contribution < -0.4 is 10.1 Å². The fraction of sp³-hybridized carbons (Fsp3) is 0.235. The van der Waals surface area contributed by atoms with Crippen LogP contribution >= 0.6 is 0 Å². The zero-order chi connectivity index (χ0) is 16.9. The number of carbonyl (C=O) groups excluding carboxylic acids is 1. The summed E-state index contributed by atoms with van der Waals surface area (Å²) in [6.07, 6.45) is 1.57. The molecule has 2 aromatic heterocycles. The molecule has 0 spiro atoms. The van der Waals surface area contributed by atoms with Gasteiger partial charge in [-0.25, -0.2) is 0 Å². The Hall–Kier alpha value is -3.09. The molecule has 124 valence electrons. The summed E-state index contributed by atoms with van der Waals surface area (Å²) in [4.78, 5) is 16.1. The molecule has 1 unspecified atom stereocenters. The van der Waals surface area contributed by atoms with Gasteiger partial charge in [0.05, 0.1) is 12.3 Å². The fourth-order valence-electron chi connectivity index (χ4n) is 2.18. The highest BCUT2D eigenvalue weighted by Crippen LogP contribution is 2.21. The Morgan fingerprint density at radius 3 is 2.92 bits per heavy atom. The SMILES string of the molecule is Cc1nc(-c2cccc(OCC(=O)NC(C)c3ccco3)c2)no1. The van der Waals surface area contributed by atoms with Gasteiger partial charge in [-0.3, -0.25) is 4.79 Å². The molecular formula is C17H17N3O4. The van der Waals surface area contributed by atoms with Crippen molar-refractivity contribution in [3.8, 4) is 17.1 Å². The Morgan fingerprint density at radius 2 is 2.21 bits per heavy atom. The number of hydrogen-bond acceptors (Lipinski definition) is 6. The topological polar surface area (TPSA) is 90.4 Å². The van der Waals surface area contributed by atoms with Crippen LogP contribution in [0.15, 0.2) is 51.6 Å². The van der Waals surface area contributed by atoms with E-state index in [1.165, 1.54) is 0 Å². The highest BCUT2D eigenvalue weighted by Gasteiger charge is 2.12. The van der Waals surface area contributed by atoms with Gasteiger partial charge in [0.25, 0.3) is 5.91 Å². The van der Waals surface area contributed by atoms with Crippen LogP contribution in [0.1, 0.15) is 24.6 Å². The molecule has 7 nitrogen and oxygen atoms in total. The van der Waals surface area contributed by atoms with Crippen molar-refractivity contribution < 1.29 is 18.5 Å². The Morgan fingerprint density at radius 1 is 1.33 bits per heavy atom. The zero-order valence-corrected chi connectivity index (χ0v) is 13.4. The Kier molecular flexibility index (Phi) is 4.60. The molecule has 0 aliphatic carbocycles. The summed E-state index contributed by atoms with van der Waals surface area (Å²) in [5.74, 6) is 1.98.